The molecule has 0 aliphatic carbocycles. The fourth-order valence-electron chi connectivity index (χ4n) is 1.77. The summed E-state index contributed by atoms with van der Waals surface area (Å²) in [5.41, 5.74) is 0.538. The molecule has 2 aromatic rings. The van der Waals surface area contributed by atoms with E-state index in [4.69, 9.17) is 9.88 Å². The van der Waals surface area contributed by atoms with Crippen molar-refractivity contribution in [1.29, 1.82) is 0 Å². The van der Waals surface area contributed by atoms with Gasteiger partial charge in [-0.2, -0.15) is 0 Å². The molecule has 116 valence electrons. The van der Waals surface area contributed by atoms with Crippen molar-refractivity contribution in [3.8, 4) is 11.5 Å². The molecular formula is C15H16N2O4S. The largest absolute Gasteiger partial charge is 0.457 e. The third-order valence-electron chi connectivity index (χ3n) is 2.88. The summed E-state index contributed by atoms with van der Waals surface area (Å²) >= 11 is 0. The zero-order valence-electron chi connectivity index (χ0n) is 12.2. The number of benzene rings is 2. The summed E-state index contributed by atoms with van der Waals surface area (Å²) in [5.74, 6) is 0.725. The van der Waals surface area contributed by atoms with Crippen molar-refractivity contribution in [2.24, 2.45) is 5.14 Å². The van der Waals surface area contributed by atoms with Crippen LogP contribution in [0.4, 0.5) is 0 Å². The van der Waals surface area contributed by atoms with E-state index in [2.05, 4.69) is 0 Å². The van der Waals surface area contributed by atoms with E-state index in [0.717, 1.165) is 0 Å². The monoisotopic (exact) mass is 320 g/mol. The summed E-state index contributed by atoms with van der Waals surface area (Å²) < 4.78 is 28.2. The van der Waals surface area contributed by atoms with Crippen molar-refractivity contribution >= 4 is 15.9 Å². The van der Waals surface area contributed by atoms with Crippen LogP contribution in [0.1, 0.15) is 10.4 Å². The number of primary sulfonamides is 1. The minimum Gasteiger partial charge on any atom is -0.457 e. The molecule has 0 aliphatic heterocycles. The Labute approximate surface area is 129 Å². The number of rotatable bonds is 4. The Morgan fingerprint density at radius 2 is 1.68 bits per heavy atom. The average Bonchev–Trinajstić information content (AvgIpc) is 2.46. The maximum absolute atomic E-state index is 11.8. The fraction of sp³-hybridized carbons (Fsp3) is 0.133. The molecule has 7 heteroatoms. The van der Waals surface area contributed by atoms with Crippen LogP contribution < -0.4 is 9.88 Å². The normalized spacial score (nSPS) is 11.0. The molecule has 0 radical (unpaired) electrons. The number of amides is 1. The van der Waals surface area contributed by atoms with Crippen LogP contribution in [0.3, 0.4) is 0 Å². The summed E-state index contributed by atoms with van der Waals surface area (Å²) in [7, 11) is -0.431. The summed E-state index contributed by atoms with van der Waals surface area (Å²) in [6.45, 7) is 0. The van der Waals surface area contributed by atoms with Gasteiger partial charge in [0.25, 0.3) is 5.91 Å². The first-order valence-electron chi connectivity index (χ1n) is 6.40. The predicted molar refractivity (Wildman–Crippen MR) is 82.3 cm³/mol. The Morgan fingerprint density at radius 1 is 1.05 bits per heavy atom. The zero-order valence-corrected chi connectivity index (χ0v) is 13.0. The van der Waals surface area contributed by atoms with Crippen molar-refractivity contribution in [3.63, 3.8) is 0 Å². The second-order valence-electron chi connectivity index (χ2n) is 4.85. The molecule has 0 saturated carbocycles. The van der Waals surface area contributed by atoms with Crippen molar-refractivity contribution in [2.45, 2.75) is 4.90 Å². The Hall–Kier alpha value is -2.38. The SMILES string of the molecule is CN(C)C(=O)c1ccc(Oc2cccc(S(N)(=O)=O)c2)cc1. The molecule has 0 spiro atoms. The van der Waals surface area contributed by atoms with Crippen LogP contribution >= 0.6 is 0 Å². The Balaban J connectivity index is 2.20. The average molecular weight is 320 g/mol. The van der Waals surface area contributed by atoms with Gasteiger partial charge in [0, 0.05) is 25.7 Å². The van der Waals surface area contributed by atoms with E-state index in [-0.39, 0.29) is 10.8 Å². The summed E-state index contributed by atoms with van der Waals surface area (Å²) in [5, 5.41) is 5.08. The van der Waals surface area contributed by atoms with Crippen LogP contribution in [0, 0.1) is 0 Å². The van der Waals surface area contributed by atoms with Crippen molar-refractivity contribution < 1.29 is 17.9 Å². The summed E-state index contributed by atoms with van der Waals surface area (Å²) in [6, 6.07) is 12.4. The van der Waals surface area contributed by atoms with Gasteiger partial charge < -0.3 is 9.64 Å². The fourth-order valence-corrected chi connectivity index (χ4v) is 2.32. The summed E-state index contributed by atoms with van der Waals surface area (Å²) in [4.78, 5) is 13.2. The standard InChI is InChI=1S/C15H16N2O4S/c1-17(2)15(18)11-6-8-12(9-7-11)21-13-4-3-5-14(10-13)22(16,19)20/h3-10H,1-2H3,(H2,16,19,20). The first kappa shape index (κ1) is 16.0. The molecule has 2 aromatic carbocycles. The quantitative estimate of drug-likeness (QED) is 0.930. The molecule has 1 amide bonds. The summed E-state index contributed by atoms with van der Waals surface area (Å²) in [6.07, 6.45) is 0. The second-order valence-corrected chi connectivity index (χ2v) is 6.41. The van der Waals surface area contributed by atoms with Gasteiger partial charge in [0.1, 0.15) is 11.5 Å². The highest BCUT2D eigenvalue weighted by Gasteiger charge is 2.10. The topological polar surface area (TPSA) is 89.7 Å². The lowest BCUT2D eigenvalue weighted by Crippen LogP contribution is -2.21. The minimum atomic E-state index is -3.78. The molecule has 0 fully saturated rings. The molecule has 2 N–H and O–H groups in total. The molecular weight excluding hydrogens is 304 g/mol. The number of ether oxygens (including phenoxy) is 1. The Bertz CT molecular complexity index is 783. The molecule has 0 unspecified atom stereocenters. The van der Waals surface area contributed by atoms with Crippen molar-refractivity contribution in [1.82, 2.24) is 4.90 Å². The van der Waals surface area contributed by atoms with Gasteiger partial charge in [-0.05, 0) is 36.4 Å². The molecule has 0 aromatic heterocycles. The van der Waals surface area contributed by atoms with E-state index in [9.17, 15) is 13.2 Å². The van der Waals surface area contributed by atoms with Gasteiger partial charge in [0.2, 0.25) is 10.0 Å². The van der Waals surface area contributed by atoms with E-state index in [1.54, 1.807) is 50.5 Å². The number of hydrogen-bond acceptors (Lipinski definition) is 4. The lowest BCUT2D eigenvalue weighted by atomic mass is 10.2. The number of sulfonamides is 1. The zero-order chi connectivity index (χ0) is 16.3. The maximum atomic E-state index is 11.8. The van der Waals surface area contributed by atoms with Crippen LogP contribution in [0.15, 0.2) is 53.4 Å². The maximum Gasteiger partial charge on any atom is 0.253 e. The van der Waals surface area contributed by atoms with Gasteiger partial charge in [-0.1, -0.05) is 6.07 Å². The van der Waals surface area contributed by atoms with E-state index in [0.29, 0.717) is 17.1 Å². The van der Waals surface area contributed by atoms with Crippen LogP contribution in [0.2, 0.25) is 0 Å². The van der Waals surface area contributed by atoms with Crippen LogP contribution in [0.25, 0.3) is 0 Å². The highest BCUT2D eigenvalue weighted by atomic mass is 32.2. The molecule has 2 rings (SSSR count). The molecule has 0 bridgehead atoms. The number of nitrogens with zero attached hydrogens (tertiary/aromatic N) is 1. The van der Waals surface area contributed by atoms with Crippen LogP contribution in [-0.2, 0) is 10.0 Å². The lowest BCUT2D eigenvalue weighted by Gasteiger charge is -2.11. The van der Waals surface area contributed by atoms with Gasteiger partial charge in [0.15, 0.2) is 0 Å². The Morgan fingerprint density at radius 3 is 2.23 bits per heavy atom. The number of carbonyl (C=O) groups excluding carboxylic acids is 1. The smallest absolute Gasteiger partial charge is 0.253 e. The Kier molecular flexibility index (Phi) is 4.48. The molecule has 6 nitrogen and oxygen atoms in total. The van der Waals surface area contributed by atoms with E-state index in [1.807, 2.05) is 0 Å². The van der Waals surface area contributed by atoms with E-state index in [1.165, 1.54) is 17.0 Å². The lowest BCUT2D eigenvalue weighted by molar-refractivity contribution is 0.0827. The van der Waals surface area contributed by atoms with Gasteiger partial charge in [0.05, 0.1) is 4.90 Å². The van der Waals surface area contributed by atoms with E-state index >= 15 is 0 Å². The van der Waals surface area contributed by atoms with Crippen molar-refractivity contribution in [3.05, 3.63) is 54.1 Å². The van der Waals surface area contributed by atoms with Crippen LogP contribution in [0.5, 0.6) is 11.5 Å². The number of hydrogen-bond donors (Lipinski definition) is 1. The third kappa shape index (κ3) is 3.84. The van der Waals surface area contributed by atoms with Crippen molar-refractivity contribution in [2.75, 3.05) is 14.1 Å². The molecule has 0 atom stereocenters. The van der Waals surface area contributed by atoms with Gasteiger partial charge >= 0.3 is 0 Å². The first-order valence-corrected chi connectivity index (χ1v) is 7.94. The van der Waals surface area contributed by atoms with Gasteiger partial charge in [-0.3, -0.25) is 4.79 Å². The van der Waals surface area contributed by atoms with Gasteiger partial charge in [-0.15, -0.1) is 0 Å². The van der Waals surface area contributed by atoms with Gasteiger partial charge in [-0.25, -0.2) is 13.6 Å². The minimum absolute atomic E-state index is 0.0237. The van der Waals surface area contributed by atoms with E-state index < -0.39 is 10.0 Å². The third-order valence-corrected chi connectivity index (χ3v) is 3.79. The second kappa shape index (κ2) is 6.17. The van der Waals surface area contributed by atoms with Crippen LogP contribution in [-0.4, -0.2) is 33.3 Å². The molecule has 22 heavy (non-hydrogen) atoms. The molecule has 0 saturated heterocycles. The number of carbonyl (C=O) groups is 1. The first-order chi connectivity index (χ1) is 10.3. The molecule has 0 heterocycles. The predicted octanol–water partition coefficient (Wildman–Crippen LogP) is 1.83. The number of nitrogens with two attached hydrogens (primary N) is 1. The highest BCUT2D eigenvalue weighted by molar-refractivity contribution is 7.89. The molecule has 0 aliphatic rings. The highest BCUT2D eigenvalue weighted by Crippen LogP contribution is 2.24.